The largest absolute Gasteiger partial charge is 0.321 e. The molecule has 0 fully saturated rings. The minimum Gasteiger partial charge on any atom is -0.321 e. The van der Waals surface area contributed by atoms with Crippen LogP contribution >= 0.6 is 27.7 Å². The lowest BCUT2D eigenvalue weighted by molar-refractivity contribution is -0.115. The van der Waals surface area contributed by atoms with Crippen molar-refractivity contribution in [1.29, 1.82) is 0 Å². The summed E-state index contributed by atoms with van der Waals surface area (Å²) in [4.78, 5) is 42.2. The molecule has 0 spiro atoms. The smallest absolute Gasteiger partial charge is 0.272 e. The minimum absolute atomic E-state index is 0.0540. The average Bonchev–Trinajstić information content (AvgIpc) is 3.06. The second-order valence-electron chi connectivity index (χ2n) is 9.60. The van der Waals surface area contributed by atoms with Gasteiger partial charge in [0.05, 0.1) is 5.75 Å². The molecule has 44 heavy (non-hydrogen) atoms. The van der Waals surface area contributed by atoms with E-state index < -0.39 is 5.91 Å². The highest BCUT2D eigenvalue weighted by molar-refractivity contribution is 9.10. The zero-order valence-electron chi connectivity index (χ0n) is 23.5. The van der Waals surface area contributed by atoms with Crippen LogP contribution in [0.25, 0.3) is 6.08 Å². The van der Waals surface area contributed by atoms with Crippen LogP contribution in [-0.4, -0.2) is 23.5 Å². The van der Waals surface area contributed by atoms with E-state index in [1.807, 2.05) is 103 Å². The van der Waals surface area contributed by atoms with Crippen molar-refractivity contribution in [1.82, 2.24) is 5.32 Å². The summed E-state index contributed by atoms with van der Waals surface area (Å²) in [5, 5.41) is 5.62. The molecule has 0 heterocycles. The maximum Gasteiger partial charge on any atom is 0.272 e. The molecule has 5 rings (SSSR count). The Morgan fingerprint density at radius 2 is 1.23 bits per heavy atom. The van der Waals surface area contributed by atoms with Crippen LogP contribution in [0.2, 0.25) is 0 Å². The SMILES string of the molecule is O=C(Nc1ccc(SCC(=O)N(c2ccccc2)c2ccccc2)cc1)/C(=C/c1ccc(Br)cc1)NC(=O)c1ccccc1. The lowest BCUT2D eigenvalue weighted by Gasteiger charge is -2.23. The van der Waals surface area contributed by atoms with Crippen LogP contribution in [0, 0.1) is 0 Å². The highest BCUT2D eigenvalue weighted by atomic mass is 79.9. The summed E-state index contributed by atoms with van der Waals surface area (Å²) in [6.07, 6.45) is 1.63. The molecule has 0 atom stereocenters. The highest BCUT2D eigenvalue weighted by Crippen LogP contribution is 2.28. The van der Waals surface area contributed by atoms with E-state index in [-0.39, 0.29) is 23.3 Å². The van der Waals surface area contributed by atoms with Gasteiger partial charge in [-0.05, 0) is 84.4 Å². The Hall–Kier alpha value is -4.92. The van der Waals surface area contributed by atoms with Crippen LogP contribution in [-0.2, 0) is 9.59 Å². The molecular formula is C36H28BrN3O3S. The summed E-state index contributed by atoms with van der Waals surface area (Å²) in [6, 6.07) is 42.5. The number of carbonyl (C=O) groups excluding carboxylic acids is 3. The van der Waals surface area contributed by atoms with E-state index in [2.05, 4.69) is 26.6 Å². The third kappa shape index (κ3) is 8.34. The number of benzene rings is 5. The average molecular weight is 663 g/mol. The van der Waals surface area contributed by atoms with E-state index in [1.165, 1.54) is 11.8 Å². The van der Waals surface area contributed by atoms with Crippen LogP contribution in [0.3, 0.4) is 0 Å². The number of carbonyl (C=O) groups is 3. The zero-order chi connectivity index (χ0) is 30.7. The van der Waals surface area contributed by atoms with Crippen LogP contribution in [0.15, 0.2) is 155 Å². The first-order chi connectivity index (χ1) is 21.5. The topological polar surface area (TPSA) is 78.5 Å². The number of halogens is 1. The number of nitrogens with zero attached hydrogens (tertiary/aromatic N) is 1. The van der Waals surface area contributed by atoms with Crippen molar-refractivity contribution in [2.75, 3.05) is 16.0 Å². The van der Waals surface area contributed by atoms with Gasteiger partial charge in [-0.3, -0.25) is 19.3 Å². The van der Waals surface area contributed by atoms with Gasteiger partial charge in [0.1, 0.15) is 5.70 Å². The second kappa shape index (κ2) is 15.0. The molecule has 3 amide bonds. The molecule has 0 aliphatic heterocycles. The number of rotatable bonds is 10. The molecule has 0 saturated heterocycles. The molecule has 5 aromatic carbocycles. The number of anilines is 3. The zero-order valence-corrected chi connectivity index (χ0v) is 25.9. The van der Waals surface area contributed by atoms with Crippen molar-refractivity contribution in [3.8, 4) is 0 Å². The maximum absolute atomic E-state index is 13.4. The molecule has 0 saturated carbocycles. The van der Waals surface area contributed by atoms with Gasteiger partial charge in [0.25, 0.3) is 11.8 Å². The van der Waals surface area contributed by atoms with Crippen molar-refractivity contribution < 1.29 is 14.4 Å². The molecule has 5 aromatic rings. The fraction of sp³-hybridized carbons (Fsp3) is 0.0278. The molecule has 0 aromatic heterocycles. The van der Waals surface area contributed by atoms with E-state index in [0.717, 1.165) is 26.3 Å². The van der Waals surface area contributed by atoms with E-state index in [4.69, 9.17) is 0 Å². The Balaban J connectivity index is 1.26. The van der Waals surface area contributed by atoms with Gasteiger partial charge in [-0.25, -0.2) is 0 Å². The quantitative estimate of drug-likeness (QED) is 0.117. The molecule has 8 heteroatoms. The van der Waals surface area contributed by atoms with Crippen LogP contribution in [0.5, 0.6) is 0 Å². The van der Waals surface area contributed by atoms with Gasteiger partial charge in [-0.1, -0.05) is 82.7 Å². The Labute approximate surface area is 268 Å². The lowest BCUT2D eigenvalue weighted by atomic mass is 10.1. The van der Waals surface area contributed by atoms with E-state index >= 15 is 0 Å². The third-order valence-corrected chi connectivity index (χ3v) is 7.99. The first kappa shape index (κ1) is 30.5. The molecule has 0 unspecified atom stereocenters. The number of hydrogen-bond acceptors (Lipinski definition) is 4. The normalized spacial score (nSPS) is 11.0. The Morgan fingerprint density at radius 3 is 1.80 bits per heavy atom. The maximum atomic E-state index is 13.4. The molecule has 0 bridgehead atoms. The summed E-state index contributed by atoms with van der Waals surface area (Å²) >= 11 is 4.83. The van der Waals surface area contributed by atoms with Crippen LogP contribution < -0.4 is 15.5 Å². The first-order valence-corrected chi connectivity index (χ1v) is 15.5. The van der Waals surface area contributed by atoms with Gasteiger partial charge in [-0.15, -0.1) is 11.8 Å². The standard InChI is InChI=1S/C36H28BrN3O3S/c37-28-18-16-26(17-19-28)24-33(39-35(42)27-10-4-1-5-11-27)36(43)38-29-20-22-32(23-21-29)44-25-34(41)40(30-12-6-2-7-13-30)31-14-8-3-9-15-31/h1-24H,25H2,(H,38,43)(H,39,42)/b33-24-. The molecule has 0 radical (unpaired) electrons. The van der Waals surface area contributed by atoms with E-state index in [1.54, 1.807) is 47.4 Å². The fourth-order valence-corrected chi connectivity index (χ4v) is 5.31. The van der Waals surface area contributed by atoms with Crippen molar-refractivity contribution >= 4 is 68.6 Å². The molecule has 0 aliphatic carbocycles. The van der Waals surface area contributed by atoms with Crippen LogP contribution in [0.1, 0.15) is 15.9 Å². The number of nitrogens with one attached hydrogen (secondary N) is 2. The monoisotopic (exact) mass is 661 g/mol. The summed E-state index contributed by atoms with van der Waals surface area (Å²) in [6.45, 7) is 0. The predicted molar refractivity (Wildman–Crippen MR) is 182 cm³/mol. The minimum atomic E-state index is -0.464. The first-order valence-electron chi connectivity index (χ1n) is 13.8. The number of para-hydroxylation sites is 2. The van der Waals surface area contributed by atoms with Crippen molar-refractivity contribution in [2.24, 2.45) is 0 Å². The van der Waals surface area contributed by atoms with Crippen molar-refractivity contribution in [2.45, 2.75) is 4.90 Å². The van der Waals surface area contributed by atoms with Gasteiger partial charge in [0, 0.05) is 32.0 Å². The fourth-order valence-electron chi connectivity index (χ4n) is 4.30. The van der Waals surface area contributed by atoms with Crippen LogP contribution in [0.4, 0.5) is 17.1 Å². The molecule has 0 aliphatic rings. The van der Waals surface area contributed by atoms with Gasteiger partial charge in [0.15, 0.2) is 0 Å². The van der Waals surface area contributed by atoms with Gasteiger partial charge in [0.2, 0.25) is 5.91 Å². The number of amides is 3. The number of thioether (sulfide) groups is 1. The third-order valence-electron chi connectivity index (χ3n) is 6.46. The molecular weight excluding hydrogens is 634 g/mol. The molecule has 6 nitrogen and oxygen atoms in total. The summed E-state index contributed by atoms with van der Waals surface area (Å²) < 4.78 is 0.904. The Bertz CT molecular complexity index is 1710. The van der Waals surface area contributed by atoms with E-state index in [0.29, 0.717) is 11.3 Å². The second-order valence-corrected chi connectivity index (χ2v) is 11.6. The Kier molecular flexibility index (Phi) is 10.4. The van der Waals surface area contributed by atoms with Gasteiger partial charge < -0.3 is 10.6 Å². The Morgan fingerprint density at radius 1 is 0.682 bits per heavy atom. The predicted octanol–water partition coefficient (Wildman–Crippen LogP) is 8.32. The van der Waals surface area contributed by atoms with Gasteiger partial charge in [-0.2, -0.15) is 0 Å². The summed E-state index contributed by atoms with van der Waals surface area (Å²) in [5.74, 6) is -0.683. The summed E-state index contributed by atoms with van der Waals surface area (Å²) in [7, 11) is 0. The van der Waals surface area contributed by atoms with Crippen molar-refractivity contribution in [3.63, 3.8) is 0 Å². The number of hydrogen-bond donors (Lipinski definition) is 2. The highest BCUT2D eigenvalue weighted by Gasteiger charge is 2.18. The molecule has 2 N–H and O–H groups in total. The van der Waals surface area contributed by atoms with Gasteiger partial charge >= 0.3 is 0 Å². The van der Waals surface area contributed by atoms with E-state index in [9.17, 15) is 14.4 Å². The molecule has 218 valence electrons. The van der Waals surface area contributed by atoms with Crippen molar-refractivity contribution in [3.05, 3.63) is 161 Å². The lowest BCUT2D eigenvalue weighted by Crippen LogP contribution is -2.30. The summed E-state index contributed by atoms with van der Waals surface area (Å²) in [5.41, 5.74) is 3.45.